The zero-order valence-electron chi connectivity index (χ0n) is 17.8. The summed E-state index contributed by atoms with van der Waals surface area (Å²) in [6, 6.07) is 8.12. The number of hydrogen-bond donors (Lipinski definition) is 4. The van der Waals surface area contributed by atoms with Crippen LogP contribution in [0.1, 0.15) is 18.1 Å². The molecule has 2 amide bonds. The molecule has 2 saturated heterocycles. The Kier molecular flexibility index (Phi) is 7.05. The number of aliphatic carboxylic acids is 1. The van der Waals surface area contributed by atoms with Crippen LogP contribution >= 0.6 is 23.5 Å². The molecule has 14 nitrogen and oxygen atoms in total. The highest BCUT2D eigenvalue weighted by atomic mass is 32.2. The van der Waals surface area contributed by atoms with Crippen molar-refractivity contribution in [1.29, 1.82) is 0 Å². The van der Waals surface area contributed by atoms with Crippen molar-refractivity contribution < 1.29 is 37.6 Å². The number of rotatable bonds is 9. The summed E-state index contributed by atoms with van der Waals surface area (Å²) in [6.07, 6.45) is -1.35. The molecule has 4 N–H and O–H groups in total. The van der Waals surface area contributed by atoms with Crippen molar-refractivity contribution in [2.45, 2.75) is 34.3 Å². The number of benzene rings is 1. The number of tetrazole rings is 1. The Balaban J connectivity index is 1.59. The number of carbonyl (C=O) groups is 3. The molecule has 4 rings (SSSR count). The highest BCUT2D eigenvalue weighted by molar-refractivity contribution is 8.01. The van der Waals surface area contributed by atoms with E-state index in [-0.39, 0.29) is 35.2 Å². The summed E-state index contributed by atoms with van der Waals surface area (Å²) in [6.45, 7) is -0.224. The van der Waals surface area contributed by atoms with Crippen molar-refractivity contribution in [2.24, 2.45) is 5.41 Å². The molecule has 35 heavy (non-hydrogen) atoms. The molecular weight excluding hydrogens is 524 g/mol. The van der Waals surface area contributed by atoms with Gasteiger partial charge >= 0.3 is 5.97 Å². The van der Waals surface area contributed by atoms with Crippen LogP contribution in [-0.2, 0) is 30.4 Å². The molecule has 1 aromatic heterocycles. The van der Waals surface area contributed by atoms with Gasteiger partial charge in [-0.15, -0.1) is 16.9 Å². The Hall–Kier alpha value is -2.73. The van der Waals surface area contributed by atoms with Gasteiger partial charge in [-0.3, -0.25) is 18.9 Å². The number of aliphatic hydroxyl groups is 1. The molecule has 0 saturated carbocycles. The Morgan fingerprint density at radius 1 is 1.31 bits per heavy atom. The van der Waals surface area contributed by atoms with Crippen molar-refractivity contribution in [1.82, 2.24) is 30.4 Å². The zero-order chi connectivity index (χ0) is 25.4. The second-order valence-corrected chi connectivity index (χ2v) is 11.6. The van der Waals surface area contributed by atoms with E-state index in [4.69, 9.17) is 4.55 Å². The van der Waals surface area contributed by atoms with Crippen molar-refractivity contribution in [3.8, 4) is 0 Å². The normalized spacial score (nSPS) is 24.9. The Morgan fingerprint density at radius 2 is 2.03 bits per heavy atom. The summed E-state index contributed by atoms with van der Waals surface area (Å²) in [5.74, 6) is -3.55. The first-order chi connectivity index (χ1) is 16.5. The van der Waals surface area contributed by atoms with Crippen LogP contribution in [0.2, 0.25) is 0 Å². The van der Waals surface area contributed by atoms with Crippen molar-refractivity contribution in [3.05, 3.63) is 35.9 Å². The van der Waals surface area contributed by atoms with Gasteiger partial charge in [0.05, 0.1) is 17.2 Å². The maximum Gasteiger partial charge on any atom is 0.315 e. The van der Waals surface area contributed by atoms with Crippen LogP contribution in [0.5, 0.6) is 0 Å². The molecule has 1 aromatic carbocycles. The average molecular weight is 545 g/mol. The van der Waals surface area contributed by atoms with Gasteiger partial charge in [0.1, 0.15) is 5.41 Å². The maximum absolute atomic E-state index is 12.9. The quantitative estimate of drug-likeness (QED) is 0.173. The number of aromatic nitrogens is 4. The minimum Gasteiger partial charge on any atom is -0.481 e. The largest absolute Gasteiger partial charge is 0.481 e. The Labute approximate surface area is 207 Å². The summed E-state index contributed by atoms with van der Waals surface area (Å²) in [4.78, 5) is 38.9. The fraction of sp³-hybridized carbons (Fsp3) is 0.444. The number of thioether (sulfide) groups is 2. The lowest BCUT2D eigenvalue weighted by atomic mass is 9.87. The lowest BCUT2D eigenvalue weighted by Crippen LogP contribution is -2.68. The van der Waals surface area contributed by atoms with Crippen molar-refractivity contribution in [2.75, 3.05) is 12.3 Å². The number of β-lactam (4-membered cyclic amide) rings is 1. The van der Waals surface area contributed by atoms with Crippen LogP contribution in [0.15, 0.2) is 35.5 Å². The first-order valence-electron chi connectivity index (χ1n) is 10.1. The smallest absolute Gasteiger partial charge is 0.315 e. The van der Waals surface area contributed by atoms with Crippen LogP contribution in [0.3, 0.4) is 0 Å². The summed E-state index contributed by atoms with van der Waals surface area (Å²) >= 11 is 1.88. The highest BCUT2D eigenvalue weighted by Crippen LogP contribution is 2.48. The number of carbonyl (C=O) groups excluding carboxylic acids is 2. The first-order valence-corrected chi connectivity index (χ1v) is 13.6. The number of nitrogens with one attached hydrogen (secondary N) is 1. The maximum atomic E-state index is 12.9. The van der Waals surface area contributed by atoms with Gasteiger partial charge in [-0.1, -0.05) is 42.1 Å². The predicted molar refractivity (Wildman–Crippen MR) is 121 cm³/mol. The number of nitrogens with zero attached hydrogens (tertiary/aromatic N) is 5. The van der Waals surface area contributed by atoms with Gasteiger partial charge in [0.15, 0.2) is 12.0 Å². The molecule has 2 fully saturated rings. The van der Waals surface area contributed by atoms with E-state index in [1.807, 2.05) is 0 Å². The van der Waals surface area contributed by atoms with E-state index in [0.717, 1.165) is 28.2 Å². The summed E-state index contributed by atoms with van der Waals surface area (Å²) in [7, 11) is -4.47. The molecule has 0 radical (unpaired) electrons. The van der Waals surface area contributed by atoms with Gasteiger partial charge < -0.3 is 20.4 Å². The fourth-order valence-corrected chi connectivity index (χ4v) is 7.05. The van der Waals surface area contributed by atoms with Crippen LogP contribution in [0.25, 0.3) is 0 Å². The molecule has 2 aromatic rings. The van der Waals surface area contributed by atoms with Gasteiger partial charge in [-0.25, -0.2) is 4.68 Å². The topological polar surface area (TPSA) is 205 Å². The monoisotopic (exact) mass is 544 g/mol. The molecular formula is C18H20N6O8S3. The summed E-state index contributed by atoms with van der Waals surface area (Å²) in [5.41, 5.74) is -1.41. The van der Waals surface area contributed by atoms with Crippen molar-refractivity contribution in [3.63, 3.8) is 0 Å². The zero-order valence-corrected chi connectivity index (χ0v) is 20.2. The summed E-state index contributed by atoms with van der Waals surface area (Å²) in [5, 5.41) is 32.4. The molecule has 3 unspecified atom stereocenters. The van der Waals surface area contributed by atoms with E-state index in [1.165, 1.54) is 4.90 Å². The molecule has 188 valence electrons. The molecule has 0 spiro atoms. The van der Waals surface area contributed by atoms with Crippen LogP contribution in [-0.4, -0.2) is 89.1 Å². The summed E-state index contributed by atoms with van der Waals surface area (Å²) < 4.78 is 32.3. The molecule has 2 aliphatic rings. The first kappa shape index (κ1) is 25.4. The molecule has 4 atom stereocenters. The minimum atomic E-state index is -4.47. The molecule has 2 aliphatic heterocycles. The van der Waals surface area contributed by atoms with Crippen LogP contribution < -0.4 is 5.32 Å². The van der Waals surface area contributed by atoms with Gasteiger partial charge in [0, 0.05) is 12.3 Å². The van der Waals surface area contributed by atoms with Crippen LogP contribution in [0, 0.1) is 5.41 Å². The van der Waals surface area contributed by atoms with E-state index in [1.54, 1.807) is 30.3 Å². The van der Waals surface area contributed by atoms with E-state index < -0.39 is 44.8 Å². The fourth-order valence-electron chi connectivity index (χ4n) is 3.67. The molecule has 0 bridgehead atoms. The lowest BCUT2D eigenvalue weighted by molar-refractivity contribution is -0.156. The van der Waals surface area contributed by atoms with E-state index in [0.29, 0.717) is 5.56 Å². The Bertz CT molecular complexity index is 1240. The minimum absolute atomic E-state index is 0.0836. The number of fused-ring (bicyclic) bond motifs is 1. The van der Waals surface area contributed by atoms with E-state index in [2.05, 4.69) is 20.8 Å². The van der Waals surface area contributed by atoms with E-state index >= 15 is 0 Å². The van der Waals surface area contributed by atoms with Gasteiger partial charge in [0.25, 0.3) is 16.0 Å². The average Bonchev–Trinajstić information content (AvgIpc) is 3.23. The van der Waals surface area contributed by atoms with Gasteiger partial charge in [-0.2, -0.15) is 8.42 Å². The number of carboxylic acid groups (broad SMARTS) is 1. The van der Waals surface area contributed by atoms with Gasteiger partial charge in [-0.05, 0) is 16.0 Å². The number of amides is 2. The highest BCUT2D eigenvalue weighted by Gasteiger charge is 2.58. The Morgan fingerprint density at radius 3 is 2.66 bits per heavy atom. The van der Waals surface area contributed by atoms with Gasteiger partial charge in [0.2, 0.25) is 11.1 Å². The standard InChI is InChI=1S/C18H20N6O8S3/c25-11-6-12-23(11)7-18(16(28)29,8-33-17-20-21-22-24(17)9-35(30,31)32)15(34-12)19-14(27)13(26)10-4-2-1-3-5-10/h1-5,12-13,15,26H,6-9H2,(H,19,27)(H,28,29)(H,30,31,32)/t12-,13?,15?,18?/m1/s1. The second-order valence-electron chi connectivity index (χ2n) is 7.94. The lowest BCUT2D eigenvalue weighted by Gasteiger charge is -2.53. The number of carboxylic acids is 1. The molecule has 17 heteroatoms. The van der Waals surface area contributed by atoms with Crippen molar-refractivity contribution >= 4 is 51.4 Å². The molecule has 0 aliphatic carbocycles. The second kappa shape index (κ2) is 9.73. The third-order valence-electron chi connectivity index (χ3n) is 5.57. The van der Waals surface area contributed by atoms with Crippen LogP contribution in [0.4, 0.5) is 0 Å². The SMILES string of the molecule is O=C(NC1S[C@@H]2CC(=O)N2CC1(CSc1nnnn1CS(=O)(=O)O)C(=O)O)C(O)c1ccccc1. The third-order valence-corrected chi connectivity index (χ3v) is 8.93. The third kappa shape index (κ3) is 5.27. The predicted octanol–water partition coefficient (Wildman–Crippen LogP) is -0.837. The number of aliphatic hydroxyl groups excluding tert-OH is 1. The molecule has 3 heterocycles. The van der Waals surface area contributed by atoms with E-state index in [9.17, 15) is 33.0 Å². The number of hydrogen-bond acceptors (Lipinski definition) is 11.